The molecule has 1 heterocycles. The summed E-state index contributed by atoms with van der Waals surface area (Å²) in [7, 11) is -4.02. The van der Waals surface area contributed by atoms with E-state index in [4.69, 9.17) is 23.3 Å². The summed E-state index contributed by atoms with van der Waals surface area (Å²) >= 11 is 0. The first-order valence-corrected chi connectivity index (χ1v) is 16.5. The maximum atomic E-state index is 12.3. The Balaban J connectivity index is 0.000000252. The Kier molecular flexibility index (Phi) is 13.7. The number of rotatable bonds is 16. The van der Waals surface area contributed by atoms with Crippen LogP contribution in [0.5, 0.6) is 0 Å². The molecule has 5 rings (SSSR count). The molecule has 0 aliphatic carbocycles. The highest BCUT2D eigenvalue weighted by atomic mass is 31.2. The molecule has 1 unspecified atom stereocenters. The van der Waals surface area contributed by atoms with Crippen LogP contribution in [0.2, 0.25) is 0 Å². The van der Waals surface area contributed by atoms with Crippen LogP contribution in [-0.4, -0.2) is 38.5 Å². The van der Waals surface area contributed by atoms with Crippen molar-refractivity contribution in [3.05, 3.63) is 163 Å². The molecule has 4 aromatic rings. The van der Waals surface area contributed by atoms with Gasteiger partial charge in [0, 0.05) is 25.2 Å². The molecule has 0 saturated carbocycles. The number of carbonyl (C=O) groups is 1. The highest BCUT2D eigenvalue weighted by molar-refractivity contribution is 7.47. The fourth-order valence-corrected chi connectivity index (χ4v) is 5.20. The normalized spacial score (nSPS) is 14.0. The van der Waals surface area contributed by atoms with E-state index in [9.17, 15) is 39.6 Å². The molecule has 0 bridgehead atoms. The first kappa shape index (κ1) is 37.4. The van der Waals surface area contributed by atoms with Gasteiger partial charge in [-0.2, -0.15) is 0 Å². The van der Waals surface area contributed by atoms with Gasteiger partial charge >= 0.3 is 13.8 Å². The zero-order valence-electron chi connectivity index (χ0n) is 26.4. The van der Waals surface area contributed by atoms with E-state index < -0.39 is 29.7 Å². The first-order chi connectivity index (χ1) is 24.1. The number of nitro groups is 2. The molecule has 1 aliphatic rings. The van der Waals surface area contributed by atoms with Gasteiger partial charge in [-0.25, -0.2) is 9.36 Å². The highest BCUT2D eigenvalue weighted by Gasteiger charge is 2.38. The van der Waals surface area contributed by atoms with E-state index in [2.05, 4.69) is 0 Å². The summed E-state index contributed by atoms with van der Waals surface area (Å²) in [4.78, 5) is 43.1. The van der Waals surface area contributed by atoms with Crippen molar-refractivity contribution in [1.82, 2.24) is 0 Å². The minimum atomic E-state index is -4.02. The number of phosphoric ester groups is 1. The van der Waals surface area contributed by atoms with E-state index in [1.165, 1.54) is 36.4 Å². The fourth-order valence-electron chi connectivity index (χ4n) is 4.50. The van der Waals surface area contributed by atoms with Gasteiger partial charge < -0.3 is 24.2 Å². The Labute approximate surface area is 286 Å². The maximum absolute atomic E-state index is 12.3. The summed E-state index contributed by atoms with van der Waals surface area (Å²) in [5.74, 6) is -1.18. The molecule has 262 valence electrons. The monoisotopic (exact) mass is 708 g/mol. The second kappa shape index (κ2) is 18.4. The van der Waals surface area contributed by atoms with Crippen molar-refractivity contribution < 1.29 is 52.5 Å². The molecule has 1 atom stereocenters. The second-order valence-electron chi connectivity index (χ2n) is 10.4. The minimum Gasteiger partial charge on any atom is -0.485 e. The van der Waals surface area contributed by atoms with Gasteiger partial charge in [0.15, 0.2) is 11.9 Å². The molecule has 1 aliphatic heterocycles. The summed E-state index contributed by atoms with van der Waals surface area (Å²) in [5, 5.41) is 31.6. The van der Waals surface area contributed by atoms with Crippen LogP contribution < -0.4 is 0 Å². The molecular weight excluding hydrogens is 675 g/mol. The van der Waals surface area contributed by atoms with E-state index in [1.807, 2.05) is 60.7 Å². The lowest BCUT2D eigenvalue weighted by molar-refractivity contribution is -0.386. The number of carbonyl (C=O) groups excluding carboxylic acids is 1. The maximum Gasteiger partial charge on any atom is 0.472 e. The lowest BCUT2D eigenvalue weighted by Crippen LogP contribution is -2.15. The molecule has 0 amide bonds. The topological polar surface area (TPSA) is 207 Å². The third kappa shape index (κ3) is 11.1. The smallest absolute Gasteiger partial charge is 0.472 e. The summed E-state index contributed by atoms with van der Waals surface area (Å²) in [6.07, 6.45) is -0.919. The van der Waals surface area contributed by atoms with Crippen molar-refractivity contribution in [3.63, 3.8) is 0 Å². The van der Waals surface area contributed by atoms with Crippen molar-refractivity contribution >= 4 is 25.2 Å². The lowest BCUT2D eigenvalue weighted by Gasteiger charge is -2.14. The van der Waals surface area contributed by atoms with Crippen molar-refractivity contribution in [2.45, 2.75) is 39.0 Å². The molecule has 0 aromatic heterocycles. The Hall–Kier alpha value is -5.44. The van der Waals surface area contributed by atoms with Crippen molar-refractivity contribution in [2.75, 3.05) is 6.61 Å². The van der Waals surface area contributed by atoms with Gasteiger partial charge in [0.2, 0.25) is 5.76 Å². The van der Waals surface area contributed by atoms with E-state index in [1.54, 1.807) is 12.1 Å². The van der Waals surface area contributed by atoms with Crippen LogP contribution in [0.25, 0.3) is 0 Å². The number of hydrogen-bond acceptors (Lipinski definition) is 12. The quantitative estimate of drug-likeness (QED) is 0.0570. The highest BCUT2D eigenvalue weighted by Crippen LogP contribution is 2.45. The van der Waals surface area contributed by atoms with Crippen LogP contribution in [-0.2, 0) is 59.0 Å². The number of aliphatic hydroxyl groups excluding tert-OH is 1. The van der Waals surface area contributed by atoms with Crippen LogP contribution in [0.15, 0.2) is 121 Å². The number of phosphoric acid groups is 1. The third-order valence-corrected chi connectivity index (χ3v) is 7.86. The molecule has 0 spiro atoms. The van der Waals surface area contributed by atoms with Gasteiger partial charge in [0.05, 0.1) is 34.2 Å². The Morgan fingerprint density at radius 3 is 1.58 bits per heavy atom. The standard InChI is InChI=1S/C20H18N2O9.C14H15O4P/c23-10-9-17-18(29-11-13-5-1-3-7-15(13)21(25)26)19(20(24)31-17)30-12-14-6-2-4-8-16(14)22(27)28;15-19(16,17-11-13-7-3-1-4-8-13)18-12-14-9-5-2-6-10-14/h1-8,17,23H,9-12H2;1-10H,11-12H2,(H,15,16). The number of hydrogen-bond donors (Lipinski definition) is 2. The summed E-state index contributed by atoms with van der Waals surface area (Å²) in [5.41, 5.74) is 1.80. The summed E-state index contributed by atoms with van der Waals surface area (Å²) in [6.45, 7) is -0.768. The van der Waals surface area contributed by atoms with Crippen LogP contribution in [0.4, 0.5) is 11.4 Å². The van der Waals surface area contributed by atoms with Crippen LogP contribution in [0.3, 0.4) is 0 Å². The Morgan fingerprint density at radius 2 is 1.12 bits per heavy atom. The number of aliphatic hydroxyl groups is 1. The van der Waals surface area contributed by atoms with E-state index in [-0.39, 0.29) is 73.5 Å². The fraction of sp³-hybridized carbons (Fsp3) is 0.206. The molecule has 15 nitrogen and oxygen atoms in total. The average molecular weight is 709 g/mol. The van der Waals surface area contributed by atoms with E-state index in [0.717, 1.165) is 11.1 Å². The lowest BCUT2D eigenvalue weighted by atomic mass is 10.2. The van der Waals surface area contributed by atoms with E-state index in [0.29, 0.717) is 0 Å². The third-order valence-electron chi connectivity index (χ3n) is 6.95. The molecule has 0 fully saturated rings. The number of esters is 1. The molecule has 2 N–H and O–H groups in total. The second-order valence-corrected chi connectivity index (χ2v) is 11.9. The van der Waals surface area contributed by atoms with Crippen molar-refractivity contribution in [3.8, 4) is 0 Å². The Morgan fingerprint density at radius 1 is 0.680 bits per heavy atom. The first-order valence-electron chi connectivity index (χ1n) is 15.0. The molecule has 0 radical (unpaired) electrons. The number of nitro benzene ring substituents is 2. The van der Waals surface area contributed by atoms with E-state index >= 15 is 0 Å². The molecular formula is C34H33N2O13P. The number of cyclic esters (lactones) is 1. The van der Waals surface area contributed by atoms with Gasteiger partial charge in [-0.3, -0.25) is 29.3 Å². The van der Waals surface area contributed by atoms with Crippen LogP contribution >= 0.6 is 7.82 Å². The number of para-hydroxylation sites is 2. The molecule has 4 aromatic carbocycles. The van der Waals surface area contributed by atoms with Crippen molar-refractivity contribution in [1.29, 1.82) is 0 Å². The number of ether oxygens (including phenoxy) is 3. The van der Waals surface area contributed by atoms with Crippen LogP contribution in [0, 0.1) is 20.2 Å². The van der Waals surface area contributed by atoms with Gasteiger partial charge in [-0.15, -0.1) is 0 Å². The van der Waals surface area contributed by atoms with Crippen LogP contribution in [0.1, 0.15) is 28.7 Å². The molecule has 0 saturated heterocycles. The van der Waals surface area contributed by atoms with Gasteiger partial charge in [-0.05, 0) is 23.3 Å². The zero-order valence-corrected chi connectivity index (χ0v) is 27.3. The van der Waals surface area contributed by atoms with Crippen molar-refractivity contribution in [2.24, 2.45) is 0 Å². The van der Waals surface area contributed by atoms with Gasteiger partial charge in [0.25, 0.3) is 11.4 Å². The van der Waals surface area contributed by atoms with Gasteiger partial charge in [0.1, 0.15) is 13.2 Å². The SMILES string of the molecule is O=C1OC(CCO)C(OCc2ccccc2[N+](=O)[O-])=C1OCc1ccccc1[N+](=O)[O-].O=P(O)(OCc1ccccc1)OCc1ccccc1. The summed E-state index contributed by atoms with van der Waals surface area (Å²) in [6, 6.07) is 30.2. The molecule has 50 heavy (non-hydrogen) atoms. The Bertz CT molecular complexity index is 1790. The molecule has 16 heteroatoms. The summed E-state index contributed by atoms with van der Waals surface area (Å²) < 4.78 is 37.9. The number of benzene rings is 4. The zero-order chi connectivity index (χ0) is 35.9. The minimum absolute atomic E-state index is 0.0241. The predicted molar refractivity (Wildman–Crippen MR) is 177 cm³/mol. The largest absolute Gasteiger partial charge is 0.485 e. The average Bonchev–Trinajstić information content (AvgIpc) is 3.42. The predicted octanol–water partition coefficient (Wildman–Crippen LogP) is 6.28. The van der Waals surface area contributed by atoms with Gasteiger partial charge in [-0.1, -0.05) is 84.9 Å². The number of nitrogens with zero attached hydrogens (tertiary/aromatic N) is 2.